The summed E-state index contributed by atoms with van der Waals surface area (Å²) < 4.78 is 5.14. The van der Waals surface area contributed by atoms with Crippen LogP contribution in [0.5, 0.6) is 0 Å². The number of carbonyl (C=O) groups excluding carboxylic acids is 1. The van der Waals surface area contributed by atoms with E-state index in [-0.39, 0.29) is 28.1 Å². The van der Waals surface area contributed by atoms with Gasteiger partial charge >= 0.3 is 0 Å². The Morgan fingerprint density at radius 1 is 1.38 bits per heavy atom. The van der Waals surface area contributed by atoms with Crippen LogP contribution in [0.2, 0.25) is 10.0 Å². The van der Waals surface area contributed by atoms with Crippen LogP contribution in [0.1, 0.15) is 23.7 Å². The standard InChI is InChI=1S/C11H13Cl2NO2/c1-2-3-16-6-10(15)7-4-8(12)11(14)9(13)5-7/h4-5H,2-3,6,14H2,1H3. The summed E-state index contributed by atoms with van der Waals surface area (Å²) in [6, 6.07) is 3.00. The second-order valence-electron chi connectivity index (χ2n) is 3.33. The minimum Gasteiger partial charge on any atom is -0.396 e. The van der Waals surface area contributed by atoms with Gasteiger partial charge in [-0.25, -0.2) is 0 Å². The van der Waals surface area contributed by atoms with Crippen molar-refractivity contribution in [2.75, 3.05) is 18.9 Å². The van der Waals surface area contributed by atoms with Crippen LogP contribution >= 0.6 is 23.2 Å². The number of halogens is 2. The van der Waals surface area contributed by atoms with E-state index in [2.05, 4.69) is 0 Å². The van der Waals surface area contributed by atoms with Gasteiger partial charge < -0.3 is 10.5 Å². The molecule has 0 radical (unpaired) electrons. The third-order valence-corrected chi connectivity index (χ3v) is 2.61. The summed E-state index contributed by atoms with van der Waals surface area (Å²) in [5.41, 5.74) is 6.27. The van der Waals surface area contributed by atoms with Crippen molar-refractivity contribution in [1.82, 2.24) is 0 Å². The molecular formula is C11H13Cl2NO2. The highest BCUT2D eigenvalue weighted by atomic mass is 35.5. The van der Waals surface area contributed by atoms with E-state index in [1.165, 1.54) is 12.1 Å². The number of ether oxygens (including phenoxy) is 1. The molecule has 0 spiro atoms. The molecule has 5 heteroatoms. The van der Waals surface area contributed by atoms with E-state index in [1.54, 1.807) is 0 Å². The average Bonchev–Trinajstić information content (AvgIpc) is 2.25. The molecule has 0 heterocycles. The van der Waals surface area contributed by atoms with Crippen molar-refractivity contribution in [3.05, 3.63) is 27.7 Å². The van der Waals surface area contributed by atoms with Gasteiger partial charge in [-0.1, -0.05) is 30.1 Å². The lowest BCUT2D eigenvalue weighted by atomic mass is 10.1. The lowest BCUT2D eigenvalue weighted by Gasteiger charge is -2.06. The maximum absolute atomic E-state index is 11.7. The predicted molar refractivity (Wildman–Crippen MR) is 66.3 cm³/mol. The summed E-state index contributed by atoms with van der Waals surface area (Å²) in [5.74, 6) is -0.155. The van der Waals surface area contributed by atoms with Gasteiger partial charge in [0.25, 0.3) is 0 Å². The van der Waals surface area contributed by atoms with Crippen molar-refractivity contribution in [3.8, 4) is 0 Å². The summed E-state index contributed by atoms with van der Waals surface area (Å²) in [4.78, 5) is 11.7. The molecule has 0 bridgehead atoms. The Hall–Kier alpha value is -0.770. The first-order chi connectivity index (χ1) is 7.56. The lowest BCUT2D eigenvalue weighted by Crippen LogP contribution is -2.10. The summed E-state index contributed by atoms with van der Waals surface area (Å²) in [7, 11) is 0. The normalized spacial score (nSPS) is 10.4. The summed E-state index contributed by atoms with van der Waals surface area (Å²) >= 11 is 11.6. The van der Waals surface area contributed by atoms with E-state index in [9.17, 15) is 4.79 Å². The molecule has 0 atom stereocenters. The Balaban J connectivity index is 2.76. The number of hydrogen-bond acceptors (Lipinski definition) is 3. The van der Waals surface area contributed by atoms with Crippen molar-refractivity contribution in [1.29, 1.82) is 0 Å². The fourth-order valence-corrected chi connectivity index (χ4v) is 1.62. The van der Waals surface area contributed by atoms with E-state index < -0.39 is 0 Å². The molecule has 2 N–H and O–H groups in total. The van der Waals surface area contributed by atoms with Gasteiger partial charge in [-0.3, -0.25) is 4.79 Å². The van der Waals surface area contributed by atoms with Gasteiger partial charge in [-0.05, 0) is 18.6 Å². The monoisotopic (exact) mass is 261 g/mol. The van der Waals surface area contributed by atoms with Crippen LogP contribution in [-0.2, 0) is 4.74 Å². The van der Waals surface area contributed by atoms with Gasteiger partial charge in [0.1, 0.15) is 6.61 Å². The van der Waals surface area contributed by atoms with E-state index in [0.29, 0.717) is 12.2 Å². The van der Waals surface area contributed by atoms with Gasteiger partial charge in [0, 0.05) is 12.2 Å². The van der Waals surface area contributed by atoms with Crippen molar-refractivity contribution in [3.63, 3.8) is 0 Å². The number of anilines is 1. The number of carbonyl (C=O) groups is 1. The van der Waals surface area contributed by atoms with Crippen molar-refractivity contribution < 1.29 is 9.53 Å². The minimum atomic E-state index is -0.155. The second-order valence-corrected chi connectivity index (χ2v) is 4.14. The zero-order chi connectivity index (χ0) is 12.1. The van der Waals surface area contributed by atoms with Crippen LogP contribution in [-0.4, -0.2) is 19.0 Å². The van der Waals surface area contributed by atoms with Crippen LogP contribution < -0.4 is 5.73 Å². The second kappa shape index (κ2) is 6.09. The molecular weight excluding hydrogens is 249 g/mol. The maximum atomic E-state index is 11.7. The first-order valence-electron chi connectivity index (χ1n) is 4.91. The highest BCUT2D eigenvalue weighted by molar-refractivity contribution is 6.39. The van der Waals surface area contributed by atoms with Crippen molar-refractivity contribution in [2.24, 2.45) is 0 Å². The molecule has 0 saturated carbocycles. The summed E-state index contributed by atoms with van der Waals surface area (Å²) in [6.45, 7) is 2.56. The fraction of sp³-hybridized carbons (Fsp3) is 0.364. The van der Waals surface area contributed by atoms with Gasteiger partial charge in [-0.2, -0.15) is 0 Å². The lowest BCUT2D eigenvalue weighted by molar-refractivity contribution is 0.0761. The molecule has 3 nitrogen and oxygen atoms in total. The zero-order valence-corrected chi connectivity index (χ0v) is 10.4. The molecule has 0 amide bonds. The third-order valence-electron chi connectivity index (χ3n) is 1.98. The molecule has 1 aromatic rings. The molecule has 0 saturated heterocycles. The average molecular weight is 262 g/mol. The molecule has 0 fully saturated rings. The molecule has 16 heavy (non-hydrogen) atoms. The molecule has 0 unspecified atom stereocenters. The molecule has 0 aliphatic rings. The first kappa shape index (κ1) is 13.3. The van der Waals surface area contributed by atoms with Crippen LogP contribution in [0.4, 0.5) is 5.69 Å². The van der Waals surface area contributed by atoms with Gasteiger partial charge in [0.2, 0.25) is 0 Å². The topological polar surface area (TPSA) is 52.3 Å². The third kappa shape index (κ3) is 3.37. The molecule has 88 valence electrons. The Bertz CT molecular complexity index is 371. The summed E-state index contributed by atoms with van der Waals surface area (Å²) in [5, 5.41) is 0.567. The Kier molecular flexibility index (Phi) is 5.06. The zero-order valence-electron chi connectivity index (χ0n) is 8.93. The number of ketones is 1. The number of benzene rings is 1. The number of hydrogen-bond donors (Lipinski definition) is 1. The van der Waals surface area contributed by atoms with E-state index in [4.69, 9.17) is 33.7 Å². The number of nitrogen functional groups attached to an aromatic ring is 1. The number of rotatable bonds is 5. The van der Waals surface area contributed by atoms with Gasteiger partial charge in [0.05, 0.1) is 15.7 Å². The van der Waals surface area contributed by atoms with Crippen molar-refractivity contribution >= 4 is 34.7 Å². The Morgan fingerprint density at radius 3 is 2.44 bits per heavy atom. The predicted octanol–water partition coefficient (Wildman–Crippen LogP) is 3.18. The van der Waals surface area contributed by atoms with Crippen LogP contribution in [0, 0.1) is 0 Å². The minimum absolute atomic E-state index is 0.0322. The Morgan fingerprint density at radius 2 is 1.94 bits per heavy atom. The van der Waals surface area contributed by atoms with Crippen LogP contribution in [0.25, 0.3) is 0 Å². The maximum Gasteiger partial charge on any atom is 0.188 e. The van der Waals surface area contributed by atoms with Gasteiger partial charge in [0.15, 0.2) is 5.78 Å². The highest BCUT2D eigenvalue weighted by Crippen LogP contribution is 2.28. The first-order valence-corrected chi connectivity index (χ1v) is 5.67. The highest BCUT2D eigenvalue weighted by Gasteiger charge is 2.11. The quantitative estimate of drug-likeness (QED) is 0.503. The molecule has 1 aromatic carbocycles. The number of nitrogens with two attached hydrogens (primary N) is 1. The Labute approximate surface area is 104 Å². The fourth-order valence-electron chi connectivity index (χ4n) is 1.14. The molecule has 0 aliphatic carbocycles. The SMILES string of the molecule is CCCOCC(=O)c1cc(Cl)c(N)c(Cl)c1. The van der Waals surface area contributed by atoms with Crippen LogP contribution in [0.15, 0.2) is 12.1 Å². The van der Waals surface area contributed by atoms with E-state index >= 15 is 0 Å². The van der Waals surface area contributed by atoms with Gasteiger partial charge in [-0.15, -0.1) is 0 Å². The molecule has 1 rings (SSSR count). The van der Waals surface area contributed by atoms with Crippen LogP contribution in [0.3, 0.4) is 0 Å². The smallest absolute Gasteiger partial charge is 0.188 e. The largest absolute Gasteiger partial charge is 0.396 e. The van der Waals surface area contributed by atoms with Crippen molar-refractivity contribution in [2.45, 2.75) is 13.3 Å². The molecule has 0 aromatic heterocycles. The summed E-state index contributed by atoms with van der Waals surface area (Å²) in [6.07, 6.45) is 0.872. The number of Topliss-reactive ketones (excluding diaryl/α,β-unsaturated/α-hetero) is 1. The van der Waals surface area contributed by atoms with E-state index in [0.717, 1.165) is 6.42 Å². The molecule has 0 aliphatic heterocycles. The van der Waals surface area contributed by atoms with E-state index in [1.807, 2.05) is 6.92 Å².